The van der Waals surface area contributed by atoms with Crippen molar-refractivity contribution in [1.82, 2.24) is 0 Å². The van der Waals surface area contributed by atoms with Crippen LogP contribution in [0.4, 0.5) is 17.1 Å². The maximum atomic E-state index is 11.9. The van der Waals surface area contributed by atoms with E-state index in [2.05, 4.69) is 10.6 Å². The third-order valence-corrected chi connectivity index (χ3v) is 3.28. The number of carbonyl (C=O) groups excluding carboxylic acids is 3. The second-order valence-electron chi connectivity index (χ2n) is 5.29. The Balaban J connectivity index is 1.96. The third kappa shape index (κ3) is 4.33. The molecule has 7 nitrogen and oxygen atoms in total. The van der Waals surface area contributed by atoms with Crippen molar-refractivity contribution < 1.29 is 14.4 Å². The molecule has 0 unspecified atom stereocenters. The normalized spacial score (nSPS) is 9.92. The molecule has 0 heterocycles. The van der Waals surface area contributed by atoms with Crippen molar-refractivity contribution in [2.75, 3.05) is 29.6 Å². The van der Waals surface area contributed by atoms with Crippen LogP contribution in [-0.2, 0) is 9.59 Å². The van der Waals surface area contributed by atoms with Gasteiger partial charge in [0.05, 0.1) is 0 Å². The average Bonchev–Trinajstić information content (AvgIpc) is 2.55. The molecule has 2 rings (SSSR count). The summed E-state index contributed by atoms with van der Waals surface area (Å²) in [6.07, 6.45) is 0. The van der Waals surface area contributed by atoms with E-state index in [1.807, 2.05) is 31.1 Å². The molecule has 0 aliphatic heterocycles. The number of nitrogens with one attached hydrogen (secondary N) is 2. The minimum absolute atomic E-state index is 0.318. The predicted octanol–water partition coefficient (Wildman–Crippen LogP) is 1.43. The summed E-state index contributed by atoms with van der Waals surface area (Å²) in [5, 5.41) is 4.96. The summed E-state index contributed by atoms with van der Waals surface area (Å²) >= 11 is 0. The zero-order valence-corrected chi connectivity index (χ0v) is 13.4. The van der Waals surface area contributed by atoms with Gasteiger partial charge in [0, 0.05) is 36.7 Å². The minimum Gasteiger partial charge on any atom is -0.378 e. The van der Waals surface area contributed by atoms with E-state index in [1.54, 1.807) is 12.1 Å². The molecule has 4 N–H and O–H groups in total. The first-order chi connectivity index (χ1) is 11.4. The van der Waals surface area contributed by atoms with Crippen LogP contribution in [0.2, 0.25) is 0 Å². The fourth-order valence-electron chi connectivity index (χ4n) is 1.94. The summed E-state index contributed by atoms with van der Waals surface area (Å²) in [5.41, 5.74) is 7.34. The number of anilines is 3. The van der Waals surface area contributed by atoms with Gasteiger partial charge >= 0.3 is 11.8 Å². The first kappa shape index (κ1) is 17.0. The highest BCUT2D eigenvalue weighted by Crippen LogP contribution is 2.16. The molecule has 0 spiro atoms. The summed E-state index contributed by atoms with van der Waals surface area (Å²) in [4.78, 5) is 36.7. The summed E-state index contributed by atoms with van der Waals surface area (Å²) in [7, 11) is 3.81. The monoisotopic (exact) mass is 326 g/mol. The molecule has 0 aliphatic carbocycles. The first-order valence-electron chi connectivity index (χ1n) is 7.16. The van der Waals surface area contributed by atoms with E-state index >= 15 is 0 Å². The van der Waals surface area contributed by atoms with E-state index in [0.717, 1.165) is 5.69 Å². The largest absolute Gasteiger partial charge is 0.378 e. The highest BCUT2D eigenvalue weighted by molar-refractivity contribution is 6.43. The van der Waals surface area contributed by atoms with Crippen molar-refractivity contribution in [3.8, 4) is 0 Å². The van der Waals surface area contributed by atoms with Gasteiger partial charge in [-0.2, -0.15) is 0 Å². The van der Waals surface area contributed by atoms with Crippen LogP contribution < -0.4 is 21.3 Å². The summed E-state index contributed by atoms with van der Waals surface area (Å²) < 4.78 is 0. The Morgan fingerprint density at radius 1 is 0.792 bits per heavy atom. The molecule has 0 aromatic heterocycles. The molecule has 0 bridgehead atoms. The number of nitrogens with zero attached hydrogens (tertiary/aromatic N) is 1. The lowest BCUT2D eigenvalue weighted by Crippen LogP contribution is -2.29. The number of benzene rings is 2. The highest BCUT2D eigenvalue weighted by Gasteiger charge is 2.14. The zero-order chi connectivity index (χ0) is 17.7. The number of nitrogens with two attached hydrogens (primary N) is 1. The van der Waals surface area contributed by atoms with Gasteiger partial charge in [0.1, 0.15) is 0 Å². The van der Waals surface area contributed by atoms with E-state index in [0.29, 0.717) is 16.9 Å². The molecule has 24 heavy (non-hydrogen) atoms. The first-order valence-corrected chi connectivity index (χ1v) is 7.16. The standard InChI is InChI=1S/C17H18N4O3/c1-21(2)14-9-7-13(8-10-14)20-17(24)16(23)19-12-5-3-11(4-6-12)15(18)22/h3-10H,1-2H3,(H2,18,22)(H,19,23)(H,20,24). The summed E-state index contributed by atoms with van der Waals surface area (Å²) in [5.74, 6) is -2.16. The van der Waals surface area contributed by atoms with Gasteiger partial charge in [0.2, 0.25) is 5.91 Å². The second kappa shape index (κ2) is 7.28. The molecule has 0 saturated heterocycles. The number of carbonyl (C=O) groups is 3. The van der Waals surface area contributed by atoms with Crippen LogP contribution >= 0.6 is 0 Å². The van der Waals surface area contributed by atoms with Gasteiger partial charge < -0.3 is 21.3 Å². The Bertz CT molecular complexity index is 752. The molecular formula is C17H18N4O3. The lowest BCUT2D eigenvalue weighted by Gasteiger charge is -2.13. The summed E-state index contributed by atoms with van der Waals surface area (Å²) in [6, 6.07) is 13.0. The van der Waals surface area contributed by atoms with E-state index in [4.69, 9.17) is 5.73 Å². The molecule has 2 aromatic rings. The fraction of sp³-hybridized carbons (Fsp3) is 0.118. The van der Waals surface area contributed by atoms with Gasteiger partial charge in [0.25, 0.3) is 0 Å². The van der Waals surface area contributed by atoms with Gasteiger partial charge in [-0.05, 0) is 48.5 Å². The maximum Gasteiger partial charge on any atom is 0.314 e. The van der Waals surface area contributed by atoms with Crippen LogP contribution in [-0.4, -0.2) is 31.8 Å². The highest BCUT2D eigenvalue weighted by atomic mass is 16.2. The quantitative estimate of drug-likeness (QED) is 0.739. The predicted molar refractivity (Wildman–Crippen MR) is 93.0 cm³/mol. The molecular weight excluding hydrogens is 308 g/mol. The van der Waals surface area contributed by atoms with E-state index in [-0.39, 0.29) is 0 Å². The number of hydrogen-bond acceptors (Lipinski definition) is 4. The Kier molecular flexibility index (Phi) is 5.16. The fourth-order valence-corrected chi connectivity index (χ4v) is 1.94. The van der Waals surface area contributed by atoms with Crippen LogP contribution in [0.3, 0.4) is 0 Å². The topological polar surface area (TPSA) is 105 Å². The van der Waals surface area contributed by atoms with Crippen LogP contribution in [0.25, 0.3) is 0 Å². The SMILES string of the molecule is CN(C)c1ccc(NC(=O)C(=O)Nc2ccc(C(N)=O)cc2)cc1. The van der Waals surface area contributed by atoms with Gasteiger partial charge in [-0.15, -0.1) is 0 Å². The van der Waals surface area contributed by atoms with Crippen molar-refractivity contribution in [3.63, 3.8) is 0 Å². The molecule has 0 radical (unpaired) electrons. The van der Waals surface area contributed by atoms with Crippen LogP contribution in [0.15, 0.2) is 48.5 Å². The van der Waals surface area contributed by atoms with Crippen molar-refractivity contribution >= 4 is 34.8 Å². The van der Waals surface area contributed by atoms with E-state index in [1.165, 1.54) is 24.3 Å². The molecule has 7 heteroatoms. The van der Waals surface area contributed by atoms with Crippen molar-refractivity contribution in [2.45, 2.75) is 0 Å². The zero-order valence-electron chi connectivity index (χ0n) is 13.4. The smallest absolute Gasteiger partial charge is 0.314 e. The van der Waals surface area contributed by atoms with Gasteiger partial charge in [0.15, 0.2) is 0 Å². The van der Waals surface area contributed by atoms with E-state index < -0.39 is 17.7 Å². The van der Waals surface area contributed by atoms with Gasteiger partial charge in [-0.25, -0.2) is 0 Å². The maximum absolute atomic E-state index is 11.9. The van der Waals surface area contributed by atoms with Crippen LogP contribution in [0.5, 0.6) is 0 Å². The van der Waals surface area contributed by atoms with Gasteiger partial charge in [-0.3, -0.25) is 14.4 Å². The molecule has 0 aliphatic rings. The van der Waals surface area contributed by atoms with Crippen LogP contribution in [0.1, 0.15) is 10.4 Å². The Morgan fingerprint density at radius 2 is 1.21 bits per heavy atom. The molecule has 124 valence electrons. The van der Waals surface area contributed by atoms with Crippen molar-refractivity contribution in [1.29, 1.82) is 0 Å². The minimum atomic E-state index is -0.807. The number of primary amides is 1. The Hall–Kier alpha value is -3.35. The Labute approximate surface area is 139 Å². The number of amides is 3. The molecule has 0 saturated carbocycles. The Morgan fingerprint density at radius 3 is 1.58 bits per heavy atom. The average molecular weight is 326 g/mol. The van der Waals surface area contributed by atoms with Gasteiger partial charge in [-0.1, -0.05) is 0 Å². The molecule has 0 fully saturated rings. The van der Waals surface area contributed by atoms with Crippen molar-refractivity contribution in [2.24, 2.45) is 5.73 Å². The van der Waals surface area contributed by atoms with E-state index in [9.17, 15) is 14.4 Å². The third-order valence-electron chi connectivity index (χ3n) is 3.28. The summed E-state index contributed by atoms with van der Waals surface area (Å²) in [6.45, 7) is 0. The van der Waals surface area contributed by atoms with Crippen LogP contribution in [0, 0.1) is 0 Å². The number of rotatable bonds is 4. The molecule has 3 amide bonds. The number of hydrogen-bond donors (Lipinski definition) is 3. The van der Waals surface area contributed by atoms with Crippen molar-refractivity contribution in [3.05, 3.63) is 54.1 Å². The lowest BCUT2D eigenvalue weighted by atomic mass is 10.2. The molecule has 0 atom stereocenters. The second-order valence-corrected chi connectivity index (χ2v) is 5.29. The molecule has 2 aromatic carbocycles. The lowest BCUT2D eigenvalue weighted by molar-refractivity contribution is -0.132.